The van der Waals surface area contributed by atoms with Crippen molar-refractivity contribution in [1.82, 2.24) is 4.98 Å². The van der Waals surface area contributed by atoms with Crippen LogP contribution in [-0.2, 0) is 12.8 Å². The number of aliphatic hydroxyl groups is 1. The van der Waals surface area contributed by atoms with Crippen LogP contribution < -0.4 is 0 Å². The van der Waals surface area contributed by atoms with Crippen LogP contribution in [0, 0.1) is 29.6 Å². The van der Waals surface area contributed by atoms with E-state index in [0.29, 0.717) is 5.56 Å². The molecule has 0 aromatic carbocycles. The highest BCUT2D eigenvalue weighted by atomic mass is 16.3. The predicted molar refractivity (Wildman–Crippen MR) is 62.9 cm³/mol. The molecule has 0 bridgehead atoms. The zero-order chi connectivity index (χ0) is 12.4. The van der Waals surface area contributed by atoms with Gasteiger partial charge in [-0.3, -0.25) is 0 Å². The second kappa shape index (κ2) is 4.35. The van der Waals surface area contributed by atoms with Gasteiger partial charge >= 0.3 is 0 Å². The van der Waals surface area contributed by atoms with Gasteiger partial charge in [0.1, 0.15) is 12.1 Å². The summed E-state index contributed by atoms with van der Waals surface area (Å²) in [7, 11) is 0. The van der Waals surface area contributed by atoms with Crippen LogP contribution in [0.15, 0.2) is 5.57 Å². The van der Waals surface area contributed by atoms with Gasteiger partial charge in [-0.1, -0.05) is 0 Å². The Morgan fingerprint density at radius 2 is 1.88 bits per heavy atom. The number of aromatic nitrogens is 1. The molecule has 0 saturated heterocycles. The molecule has 1 aliphatic carbocycles. The number of hydrogen-bond donors (Lipinski definition) is 2. The van der Waals surface area contributed by atoms with Gasteiger partial charge < -0.3 is 10.1 Å². The maximum atomic E-state index is 10.0. The van der Waals surface area contributed by atoms with Gasteiger partial charge in [-0.15, -0.1) is 0 Å². The highest BCUT2D eigenvalue weighted by molar-refractivity contribution is 5.74. The summed E-state index contributed by atoms with van der Waals surface area (Å²) >= 11 is 0. The Balaban J connectivity index is 2.62. The van der Waals surface area contributed by atoms with Crippen LogP contribution in [0.5, 0.6) is 0 Å². The Morgan fingerprint density at radius 1 is 1.24 bits per heavy atom. The highest BCUT2D eigenvalue weighted by Gasteiger charge is 2.22. The first-order valence-electron chi connectivity index (χ1n) is 5.63. The van der Waals surface area contributed by atoms with Gasteiger partial charge in [0.2, 0.25) is 0 Å². The van der Waals surface area contributed by atoms with E-state index in [2.05, 4.69) is 4.98 Å². The lowest BCUT2D eigenvalue weighted by atomic mass is 9.93. The third-order valence-corrected chi connectivity index (χ3v) is 3.18. The summed E-state index contributed by atoms with van der Waals surface area (Å²) in [5, 5.41) is 27.6. The average molecular weight is 227 g/mol. The molecule has 1 heterocycles. The maximum absolute atomic E-state index is 10.0. The zero-order valence-corrected chi connectivity index (χ0v) is 9.67. The van der Waals surface area contributed by atoms with Crippen molar-refractivity contribution in [3.8, 4) is 12.1 Å². The second-order valence-electron chi connectivity index (χ2n) is 4.24. The van der Waals surface area contributed by atoms with Crippen LogP contribution in [0.4, 0.5) is 0 Å². The van der Waals surface area contributed by atoms with Crippen molar-refractivity contribution >= 4 is 5.76 Å². The van der Waals surface area contributed by atoms with Gasteiger partial charge in [-0.25, -0.2) is 0 Å². The molecule has 2 rings (SSSR count). The Morgan fingerprint density at radius 3 is 2.53 bits per heavy atom. The fraction of sp³-hybridized carbons (Fsp3) is 0.385. The summed E-state index contributed by atoms with van der Waals surface area (Å²) < 4.78 is 0. The topological polar surface area (TPSA) is 83.6 Å². The number of fused-ring (bicyclic) bond motifs is 1. The molecular formula is C13H13N3O. The molecule has 17 heavy (non-hydrogen) atoms. The SMILES string of the molecule is Cc1[nH]c2c(c1C(O)=C(C#N)C#N)CCCC2. The Bertz CT molecular complexity index is 551. The fourth-order valence-corrected chi connectivity index (χ4v) is 2.41. The van der Waals surface area contributed by atoms with Gasteiger partial charge in [0.15, 0.2) is 11.3 Å². The van der Waals surface area contributed by atoms with Crippen LogP contribution in [0.1, 0.15) is 35.4 Å². The van der Waals surface area contributed by atoms with Gasteiger partial charge in [-0.05, 0) is 38.2 Å². The van der Waals surface area contributed by atoms with Gasteiger partial charge in [0.05, 0.1) is 0 Å². The van der Waals surface area contributed by atoms with E-state index in [1.165, 1.54) is 0 Å². The largest absolute Gasteiger partial charge is 0.505 e. The molecule has 0 spiro atoms. The maximum Gasteiger partial charge on any atom is 0.171 e. The first-order chi connectivity index (χ1) is 8.19. The molecule has 2 N–H and O–H groups in total. The summed E-state index contributed by atoms with van der Waals surface area (Å²) in [6.45, 7) is 1.86. The fourth-order valence-electron chi connectivity index (χ4n) is 2.41. The number of aromatic amines is 1. The first-order valence-corrected chi connectivity index (χ1v) is 5.63. The molecule has 0 radical (unpaired) electrons. The summed E-state index contributed by atoms with van der Waals surface area (Å²) in [6, 6.07) is 3.46. The standard InChI is InChI=1S/C13H13N3O/c1-8-12(13(17)9(6-14)7-15)10-4-2-3-5-11(10)16-8/h16-17H,2-5H2,1H3. The number of nitrogens with one attached hydrogen (secondary N) is 1. The van der Waals surface area contributed by atoms with Crippen LogP contribution in [0.25, 0.3) is 5.76 Å². The van der Waals surface area contributed by atoms with Crippen LogP contribution in [0.3, 0.4) is 0 Å². The van der Waals surface area contributed by atoms with Crippen molar-refractivity contribution in [3.63, 3.8) is 0 Å². The van der Waals surface area contributed by atoms with E-state index >= 15 is 0 Å². The minimum Gasteiger partial charge on any atom is -0.505 e. The van der Waals surface area contributed by atoms with Crippen LogP contribution >= 0.6 is 0 Å². The average Bonchev–Trinajstić information content (AvgIpc) is 2.66. The summed E-state index contributed by atoms with van der Waals surface area (Å²) in [5.74, 6) is -0.188. The summed E-state index contributed by atoms with van der Waals surface area (Å²) in [5.41, 5.74) is 3.45. The van der Waals surface area contributed by atoms with E-state index in [9.17, 15) is 5.11 Å². The van der Waals surface area contributed by atoms with Crippen molar-refractivity contribution in [2.24, 2.45) is 0 Å². The minimum absolute atomic E-state index is 0.188. The number of H-pyrrole nitrogens is 1. The second-order valence-corrected chi connectivity index (χ2v) is 4.24. The van der Waals surface area contributed by atoms with E-state index in [1.807, 2.05) is 6.92 Å². The lowest BCUT2D eigenvalue weighted by Gasteiger charge is -2.12. The summed E-state index contributed by atoms with van der Waals surface area (Å²) in [6.07, 6.45) is 4.08. The molecule has 0 atom stereocenters. The van der Waals surface area contributed by atoms with E-state index in [4.69, 9.17) is 10.5 Å². The molecule has 4 nitrogen and oxygen atoms in total. The highest BCUT2D eigenvalue weighted by Crippen LogP contribution is 2.31. The molecular weight excluding hydrogens is 214 g/mol. The van der Waals surface area contributed by atoms with Crippen molar-refractivity contribution in [2.75, 3.05) is 0 Å². The molecule has 0 fully saturated rings. The third kappa shape index (κ3) is 1.79. The number of aryl methyl sites for hydroxylation is 2. The Hall–Kier alpha value is -2.20. The first kappa shape index (κ1) is 11.3. The van der Waals surface area contributed by atoms with Crippen molar-refractivity contribution in [1.29, 1.82) is 10.5 Å². The zero-order valence-electron chi connectivity index (χ0n) is 9.67. The molecule has 0 unspecified atom stereocenters. The number of nitrogens with zero attached hydrogens (tertiary/aromatic N) is 2. The van der Waals surface area contributed by atoms with Crippen molar-refractivity contribution in [2.45, 2.75) is 32.6 Å². The van der Waals surface area contributed by atoms with Gasteiger partial charge in [0, 0.05) is 17.0 Å². The lowest BCUT2D eigenvalue weighted by molar-refractivity contribution is 0.508. The molecule has 86 valence electrons. The minimum atomic E-state index is -0.222. The molecule has 0 amide bonds. The normalized spacial score (nSPS) is 13.4. The molecule has 0 aliphatic heterocycles. The lowest BCUT2D eigenvalue weighted by Crippen LogP contribution is -2.02. The van der Waals surface area contributed by atoms with E-state index in [-0.39, 0.29) is 11.3 Å². The molecule has 1 aromatic heterocycles. The molecule has 4 heteroatoms. The van der Waals surface area contributed by atoms with E-state index in [0.717, 1.165) is 42.6 Å². The van der Waals surface area contributed by atoms with E-state index in [1.54, 1.807) is 12.1 Å². The quantitative estimate of drug-likeness (QED) is 0.571. The molecule has 1 aliphatic rings. The van der Waals surface area contributed by atoms with Crippen LogP contribution in [-0.4, -0.2) is 10.1 Å². The number of nitriles is 2. The molecule has 0 saturated carbocycles. The Labute approximate surface area is 99.8 Å². The summed E-state index contributed by atoms with van der Waals surface area (Å²) in [4.78, 5) is 3.24. The number of aliphatic hydroxyl groups excluding tert-OH is 1. The monoisotopic (exact) mass is 227 g/mol. The number of rotatable bonds is 1. The van der Waals surface area contributed by atoms with Crippen molar-refractivity contribution in [3.05, 3.63) is 28.1 Å². The van der Waals surface area contributed by atoms with Crippen molar-refractivity contribution < 1.29 is 5.11 Å². The van der Waals surface area contributed by atoms with Crippen LogP contribution in [0.2, 0.25) is 0 Å². The van der Waals surface area contributed by atoms with Gasteiger partial charge in [0.25, 0.3) is 0 Å². The smallest absolute Gasteiger partial charge is 0.171 e. The Kier molecular flexibility index (Phi) is 2.89. The van der Waals surface area contributed by atoms with E-state index < -0.39 is 0 Å². The van der Waals surface area contributed by atoms with Gasteiger partial charge in [-0.2, -0.15) is 10.5 Å². The third-order valence-electron chi connectivity index (χ3n) is 3.18. The molecule has 1 aromatic rings. The number of allylic oxidation sites excluding steroid dienone is 1. The predicted octanol–water partition coefficient (Wildman–Crippen LogP) is 2.52. The number of hydrogen-bond acceptors (Lipinski definition) is 3.